The fourth-order valence-corrected chi connectivity index (χ4v) is 6.78. The maximum atomic E-state index is 10.0. The van der Waals surface area contributed by atoms with Crippen molar-refractivity contribution in [2.75, 3.05) is 26.3 Å². The van der Waals surface area contributed by atoms with E-state index in [9.17, 15) is 10.4 Å². The van der Waals surface area contributed by atoms with Crippen molar-refractivity contribution in [2.45, 2.75) is 69.5 Å². The first kappa shape index (κ1) is 24.4. The van der Waals surface area contributed by atoms with Gasteiger partial charge in [0.05, 0.1) is 6.04 Å². The normalized spacial score (nSPS) is 21.4. The molecule has 3 aliphatic rings. The minimum Gasteiger partial charge on any atom is -0.508 e. The Kier molecular flexibility index (Phi) is 6.85. The maximum Gasteiger partial charge on any atom is 0.234 e. The third-order valence-electron chi connectivity index (χ3n) is 8.83. The molecule has 3 fully saturated rings. The van der Waals surface area contributed by atoms with Gasteiger partial charge in [-0.15, -0.1) is 0 Å². The molecule has 2 aromatic heterocycles. The number of rotatable bonds is 6. The fourth-order valence-electron chi connectivity index (χ4n) is 6.78. The summed E-state index contributed by atoms with van der Waals surface area (Å²) < 4.78 is 2.36. The van der Waals surface area contributed by atoms with E-state index >= 15 is 0 Å². The van der Waals surface area contributed by atoms with E-state index < -0.39 is 0 Å². The predicted octanol–water partition coefficient (Wildman–Crippen LogP) is 4.05. The number of nitrogens with zero attached hydrogens (tertiary/aromatic N) is 5. The number of nitrogens with one attached hydrogen (secondary N) is 2. The summed E-state index contributed by atoms with van der Waals surface area (Å²) in [6.45, 7) is 4.75. The van der Waals surface area contributed by atoms with Crippen LogP contribution in [-0.2, 0) is 6.54 Å². The van der Waals surface area contributed by atoms with Gasteiger partial charge >= 0.3 is 0 Å². The molecule has 37 heavy (non-hydrogen) atoms. The first-order valence-corrected chi connectivity index (χ1v) is 13.9. The van der Waals surface area contributed by atoms with Gasteiger partial charge in [-0.05, 0) is 62.0 Å². The van der Waals surface area contributed by atoms with Gasteiger partial charge in [-0.3, -0.25) is 10.2 Å². The number of piperidine rings is 1. The van der Waals surface area contributed by atoms with E-state index in [4.69, 9.17) is 0 Å². The molecule has 6 rings (SSSR count). The lowest BCUT2D eigenvalue weighted by molar-refractivity contribution is 0.229. The van der Waals surface area contributed by atoms with Crippen molar-refractivity contribution in [2.24, 2.45) is 5.92 Å². The Morgan fingerprint density at radius 1 is 1.14 bits per heavy atom. The summed E-state index contributed by atoms with van der Waals surface area (Å²) in [5.41, 5.74) is 3.33. The summed E-state index contributed by atoms with van der Waals surface area (Å²) in [6, 6.07) is 12.0. The van der Waals surface area contributed by atoms with Crippen molar-refractivity contribution in [3.63, 3.8) is 0 Å². The molecular formula is C29H37N7O. The first-order chi connectivity index (χ1) is 18.1. The van der Waals surface area contributed by atoms with E-state index in [1.165, 1.54) is 37.8 Å². The molecule has 0 radical (unpaired) electrons. The summed E-state index contributed by atoms with van der Waals surface area (Å²) >= 11 is 0. The monoisotopic (exact) mass is 499 g/mol. The van der Waals surface area contributed by atoms with Gasteiger partial charge in [0, 0.05) is 42.6 Å². The summed E-state index contributed by atoms with van der Waals surface area (Å²) in [5, 5.41) is 27.9. The van der Waals surface area contributed by atoms with Crippen LogP contribution in [0.1, 0.15) is 74.5 Å². The van der Waals surface area contributed by atoms with Crippen molar-refractivity contribution in [3.8, 4) is 11.8 Å². The molecule has 1 aromatic carbocycles. The molecule has 3 N–H and O–H groups in total. The maximum absolute atomic E-state index is 10.0. The van der Waals surface area contributed by atoms with Crippen LogP contribution in [0.25, 0.3) is 11.0 Å². The molecule has 194 valence electrons. The van der Waals surface area contributed by atoms with Crippen LogP contribution < -0.4 is 10.6 Å². The third kappa shape index (κ3) is 4.96. The average Bonchev–Trinajstić information content (AvgIpc) is 3.50. The van der Waals surface area contributed by atoms with Crippen molar-refractivity contribution in [1.82, 2.24) is 30.1 Å². The van der Waals surface area contributed by atoms with Crippen molar-refractivity contribution >= 4 is 11.0 Å². The number of fused-ring (bicyclic) bond motifs is 1. The molecule has 1 unspecified atom stereocenters. The van der Waals surface area contributed by atoms with Crippen LogP contribution in [0.4, 0.5) is 0 Å². The van der Waals surface area contributed by atoms with Gasteiger partial charge in [0.1, 0.15) is 17.5 Å². The lowest BCUT2D eigenvalue weighted by Crippen LogP contribution is -2.50. The predicted molar refractivity (Wildman–Crippen MR) is 143 cm³/mol. The van der Waals surface area contributed by atoms with Crippen LogP contribution in [0.5, 0.6) is 5.75 Å². The lowest BCUT2D eigenvalue weighted by atomic mass is 9.87. The lowest BCUT2D eigenvalue weighted by Gasteiger charge is -2.35. The average molecular weight is 500 g/mol. The highest BCUT2D eigenvalue weighted by Gasteiger charge is 2.42. The Morgan fingerprint density at radius 2 is 1.92 bits per heavy atom. The van der Waals surface area contributed by atoms with Gasteiger partial charge in [-0.1, -0.05) is 44.2 Å². The first-order valence-electron chi connectivity index (χ1n) is 13.9. The molecular weight excluding hydrogens is 462 g/mol. The zero-order valence-corrected chi connectivity index (χ0v) is 21.5. The minimum absolute atomic E-state index is 0.00783. The highest BCUT2D eigenvalue weighted by atomic mass is 16.3. The second-order valence-corrected chi connectivity index (χ2v) is 11.2. The molecule has 0 bridgehead atoms. The quantitative estimate of drug-likeness (QED) is 0.470. The molecule has 1 saturated carbocycles. The number of nitriles is 1. The second kappa shape index (κ2) is 10.4. The van der Waals surface area contributed by atoms with Gasteiger partial charge in [0.15, 0.2) is 0 Å². The van der Waals surface area contributed by atoms with Crippen molar-refractivity contribution in [3.05, 3.63) is 53.6 Å². The molecule has 2 saturated heterocycles. The number of phenolic OH excluding ortho intramolecular Hbond substituents is 1. The largest absolute Gasteiger partial charge is 0.508 e. The van der Waals surface area contributed by atoms with E-state index in [2.05, 4.69) is 42.2 Å². The Labute approximate surface area is 218 Å². The van der Waals surface area contributed by atoms with Crippen LogP contribution in [0.2, 0.25) is 0 Å². The van der Waals surface area contributed by atoms with Crippen LogP contribution in [-0.4, -0.2) is 56.4 Å². The van der Waals surface area contributed by atoms with Gasteiger partial charge in [0.2, 0.25) is 5.82 Å². The van der Waals surface area contributed by atoms with E-state index in [0.717, 1.165) is 74.6 Å². The zero-order chi connectivity index (χ0) is 25.2. The van der Waals surface area contributed by atoms with E-state index in [-0.39, 0.29) is 23.2 Å². The minimum atomic E-state index is 0.00783. The Hall–Kier alpha value is -2.99. The Morgan fingerprint density at radius 3 is 2.68 bits per heavy atom. The summed E-state index contributed by atoms with van der Waals surface area (Å²) in [4.78, 5) is 11.5. The SMILES string of the molecule is N#Cc1ncc2cc(C(c3ccc(O)cc3)N3CNC4(CCNCC4)C3)n(CCC3CCCCC3)c2n1. The van der Waals surface area contributed by atoms with Crippen LogP contribution in [0.3, 0.4) is 0 Å². The number of phenols is 1. The fraction of sp³-hybridized carbons (Fsp3) is 0.552. The Bertz CT molecular complexity index is 1270. The molecule has 1 aliphatic carbocycles. The molecule has 0 amide bonds. The molecule has 8 heteroatoms. The summed E-state index contributed by atoms with van der Waals surface area (Å²) in [7, 11) is 0. The second-order valence-electron chi connectivity index (χ2n) is 11.2. The number of benzene rings is 1. The molecule has 8 nitrogen and oxygen atoms in total. The van der Waals surface area contributed by atoms with Gasteiger partial charge in [-0.2, -0.15) is 5.26 Å². The standard InChI is InChI=1S/C29H37N7O/c30-17-26-32-18-23-16-25(36(28(23)34-26)15-10-21-4-2-1-3-5-21)27(22-6-8-24(37)9-7-22)35-19-29(33-20-35)11-13-31-14-12-29/h6-9,16,18,21,27,31,33,37H,1-5,10-15,19-20H2. The zero-order valence-electron chi connectivity index (χ0n) is 21.5. The highest BCUT2D eigenvalue weighted by Crippen LogP contribution is 2.38. The number of hydrogen-bond acceptors (Lipinski definition) is 7. The summed E-state index contributed by atoms with van der Waals surface area (Å²) in [6.07, 6.45) is 11.8. The molecule has 2 aliphatic heterocycles. The van der Waals surface area contributed by atoms with E-state index in [1.807, 2.05) is 12.1 Å². The number of aromatic hydroxyl groups is 1. The molecule has 4 heterocycles. The molecule has 1 spiro atoms. The van der Waals surface area contributed by atoms with E-state index in [1.54, 1.807) is 18.3 Å². The highest BCUT2D eigenvalue weighted by molar-refractivity contribution is 5.77. The van der Waals surface area contributed by atoms with Crippen LogP contribution in [0, 0.1) is 17.2 Å². The number of hydrogen-bond donors (Lipinski definition) is 3. The summed E-state index contributed by atoms with van der Waals surface area (Å²) in [5.74, 6) is 1.24. The smallest absolute Gasteiger partial charge is 0.234 e. The topological polar surface area (TPSA) is 102 Å². The van der Waals surface area contributed by atoms with Crippen molar-refractivity contribution in [1.29, 1.82) is 5.26 Å². The Balaban J connectivity index is 1.42. The molecule has 3 aromatic rings. The van der Waals surface area contributed by atoms with E-state index in [0.29, 0.717) is 0 Å². The van der Waals surface area contributed by atoms with Crippen LogP contribution >= 0.6 is 0 Å². The third-order valence-corrected chi connectivity index (χ3v) is 8.83. The molecule has 1 atom stereocenters. The number of aryl methyl sites for hydroxylation is 1. The van der Waals surface area contributed by atoms with Crippen molar-refractivity contribution < 1.29 is 5.11 Å². The van der Waals surface area contributed by atoms with Crippen LogP contribution in [0.15, 0.2) is 36.5 Å². The van der Waals surface area contributed by atoms with Gasteiger partial charge in [-0.25, -0.2) is 9.97 Å². The van der Waals surface area contributed by atoms with Gasteiger partial charge in [0.25, 0.3) is 0 Å². The number of aromatic nitrogens is 3. The van der Waals surface area contributed by atoms with Gasteiger partial charge < -0.3 is 15.0 Å².